The highest BCUT2D eigenvalue weighted by molar-refractivity contribution is 6.30. The van der Waals surface area contributed by atoms with Crippen molar-refractivity contribution in [2.24, 2.45) is 0 Å². The Morgan fingerprint density at radius 1 is 1.32 bits per heavy atom. The monoisotopic (exact) mass is 337 g/mol. The van der Waals surface area contributed by atoms with Gasteiger partial charge in [-0.05, 0) is 38.5 Å². The first-order valence-electron chi connectivity index (χ1n) is 6.83. The van der Waals surface area contributed by atoms with Crippen molar-refractivity contribution >= 4 is 17.5 Å². The average Bonchev–Trinajstić information content (AvgIpc) is 2.40. The fourth-order valence-corrected chi connectivity index (χ4v) is 2.08. The molecule has 3 nitrogen and oxygen atoms in total. The molecule has 0 aliphatic rings. The lowest BCUT2D eigenvalue weighted by molar-refractivity contribution is -0.189. The Balaban J connectivity index is 2.75. The minimum Gasteiger partial charge on any atom is -0.359 e. The van der Waals surface area contributed by atoms with Crippen LogP contribution in [0.2, 0.25) is 5.02 Å². The summed E-state index contributed by atoms with van der Waals surface area (Å²) < 4.78 is 41.1. The molecule has 7 heteroatoms. The molecule has 1 rings (SSSR count). The lowest BCUT2D eigenvalue weighted by atomic mass is 10.1. The molecule has 1 atom stereocenters. The Kier molecular flexibility index (Phi) is 6.68. The summed E-state index contributed by atoms with van der Waals surface area (Å²) in [5.41, 5.74) is 0.803. The zero-order valence-electron chi connectivity index (χ0n) is 12.7. The summed E-state index contributed by atoms with van der Waals surface area (Å²) >= 11 is 5.90. The van der Waals surface area contributed by atoms with E-state index in [1.165, 1.54) is 11.8 Å². The normalized spacial score (nSPS) is 13.3. The standard InChI is InChI=1S/C15H19ClF3NO2/c1-10(2)20(8-12-5-4-6-13(16)7-12)14(21)11(3)22-9-15(17,18)19/h4-7,10-11H,8-9H2,1-3H3. The van der Waals surface area contributed by atoms with Gasteiger partial charge in [0, 0.05) is 17.6 Å². The van der Waals surface area contributed by atoms with Crippen LogP contribution in [0.5, 0.6) is 0 Å². The van der Waals surface area contributed by atoms with Gasteiger partial charge in [-0.15, -0.1) is 0 Å². The van der Waals surface area contributed by atoms with E-state index in [0.717, 1.165) is 5.56 Å². The maximum atomic E-state index is 12.3. The Morgan fingerprint density at radius 2 is 1.95 bits per heavy atom. The van der Waals surface area contributed by atoms with E-state index in [2.05, 4.69) is 4.74 Å². The van der Waals surface area contributed by atoms with Crippen molar-refractivity contribution in [1.82, 2.24) is 4.90 Å². The second kappa shape index (κ2) is 7.83. The van der Waals surface area contributed by atoms with E-state index < -0.39 is 24.8 Å². The number of alkyl halides is 3. The summed E-state index contributed by atoms with van der Waals surface area (Å²) in [5.74, 6) is -0.487. The number of hydrogen-bond donors (Lipinski definition) is 0. The van der Waals surface area contributed by atoms with E-state index in [-0.39, 0.29) is 12.6 Å². The zero-order chi connectivity index (χ0) is 16.9. The van der Waals surface area contributed by atoms with Gasteiger partial charge in [0.1, 0.15) is 12.7 Å². The van der Waals surface area contributed by atoms with E-state index >= 15 is 0 Å². The van der Waals surface area contributed by atoms with Crippen LogP contribution in [-0.2, 0) is 16.1 Å². The largest absolute Gasteiger partial charge is 0.411 e. The van der Waals surface area contributed by atoms with Crippen molar-refractivity contribution in [3.63, 3.8) is 0 Å². The molecule has 124 valence electrons. The van der Waals surface area contributed by atoms with E-state index in [1.54, 1.807) is 38.1 Å². The van der Waals surface area contributed by atoms with Crippen molar-refractivity contribution in [2.45, 2.75) is 45.6 Å². The fourth-order valence-electron chi connectivity index (χ4n) is 1.87. The highest BCUT2D eigenvalue weighted by Crippen LogP contribution is 2.18. The van der Waals surface area contributed by atoms with Gasteiger partial charge in [-0.2, -0.15) is 13.2 Å². The second-order valence-electron chi connectivity index (χ2n) is 5.26. The molecule has 0 N–H and O–H groups in total. The molecule has 0 spiro atoms. The van der Waals surface area contributed by atoms with Gasteiger partial charge in [-0.1, -0.05) is 23.7 Å². The number of nitrogens with zero attached hydrogens (tertiary/aromatic N) is 1. The van der Waals surface area contributed by atoms with E-state index in [0.29, 0.717) is 5.02 Å². The summed E-state index contributed by atoms with van der Waals surface area (Å²) in [6.45, 7) is 3.72. The van der Waals surface area contributed by atoms with Crippen LogP contribution in [0, 0.1) is 0 Å². The van der Waals surface area contributed by atoms with E-state index in [9.17, 15) is 18.0 Å². The van der Waals surface area contributed by atoms with Crippen LogP contribution in [-0.4, -0.2) is 35.7 Å². The third-order valence-corrected chi connectivity index (χ3v) is 3.23. The van der Waals surface area contributed by atoms with Crippen molar-refractivity contribution in [1.29, 1.82) is 0 Å². The maximum absolute atomic E-state index is 12.3. The van der Waals surface area contributed by atoms with Gasteiger partial charge in [0.15, 0.2) is 0 Å². The Morgan fingerprint density at radius 3 is 2.45 bits per heavy atom. The molecule has 0 aliphatic heterocycles. The maximum Gasteiger partial charge on any atom is 0.411 e. The molecule has 1 aromatic carbocycles. The van der Waals surface area contributed by atoms with Gasteiger partial charge < -0.3 is 9.64 Å². The number of amides is 1. The van der Waals surface area contributed by atoms with Crippen LogP contribution >= 0.6 is 11.6 Å². The smallest absolute Gasteiger partial charge is 0.359 e. The second-order valence-corrected chi connectivity index (χ2v) is 5.69. The molecule has 0 fully saturated rings. The number of halogens is 4. The first-order valence-corrected chi connectivity index (χ1v) is 7.21. The molecule has 1 amide bonds. The van der Waals surface area contributed by atoms with Gasteiger partial charge in [0.25, 0.3) is 5.91 Å². The fraction of sp³-hybridized carbons (Fsp3) is 0.533. The third-order valence-electron chi connectivity index (χ3n) is 2.99. The minimum absolute atomic E-state index is 0.177. The topological polar surface area (TPSA) is 29.5 Å². The minimum atomic E-state index is -4.45. The summed E-state index contributed by atoms with van der Waals surface area (Å²) in [5, 5.41) is 0.537. The SMILES string of the molecule is CC(OCC(F)(F)F)C(=O)N(Cc1cccc(Cl)c1)C(C)C. The average molecular weight is 338 g/mol. The number of ether oxygens (including phenoxy) is 1. The van der Waals surface area contributed by atoms with Gasteiger partial charge in [0.05, 0.1) is 0 Å². The third kappa shape index (κ3) is 6.23. The number of hydrogen-bond acceptors (Lipinski definition) is 2. The van der Waals surface area contributed by atoms with Crippen LogP contribution in [0.15, 0.2) is 24.3 Å². The van der Waals surface area contributed by atoms with E-state index in [1.807, 2.05) is 0 Å². The Labute approximate surface area is 133 Å². The first kappa shape index (κ1) is 18.8. The van der Waals surface area contributed by atoms with E-state index in [4.69, 9.17) is 11.6 Å². The number of carbonyl (C=O) groups excluding carboxylic acids is 1. The molecule has 0 heterocycles. The van der Waals surface area contributed by atoms with Crippen molar-refractivity contribution in [2.75, 3.05) is 6.61 Å². The van der Waals surface area contributed by atoms with Gasteiger partial charge in [-0.25, -0.2) is 0 Å². The zero-order valence-corrected chi connectivity index (χ0v) is 13.4. The summed E-state index contributed by atoms with van der Waals surface area (Å²) in [7, 11) is 0. The summed E-state index contributed by atoms with van der Waals surface area (Å²) in [6, 6.07) is 6.80. The quantitative estimate of drug-likeness (QED) is 0.784. The van der Waals surface area contributed by atoms with Crippen LogP contribution in [0.25, 0.3) is 0 Å². The predicted molar refractivity (Wildman–Crippen MR) is 78.6 cm³/mol. The number of rotatable bonds is 6. The molecule has 0 bridgehead atoms. The molecular weight excluding hydrogens is 319 g/mol. The first-order chi connectivity index (χ1) is 10.1. The van der Waals surface area contributed by atoms with Gasteiger partial charge >= 0.3 is 6.18 Å². The summed E-state index contributed by atoms with van der Waals surface area (Å²) in [6.07, 6.45) is -5.62. The van der Waals surface area contributed by atoms with Crippen molar-refractivity contribution in [3.8, 4) is 0 Å². The molecule has 1 unspecified atom stereocenters. The molecule has 0 radical (unpaired) electrons. The van der Waals surface area contributed by atoms with Crippen molar-refractivity contribution < 1.29 is 22.7 Å². The van der Waals surface area contributed by atoms with Crippen LogP contribution in [0.1, 0.15) is 26.3 Å². The summed E-state index contributed by atoms with van der Waals surface area (Å²) in [4.78, 5) is 13.8. The molecular formula is C15H19ClF3NO2. The molecule has 0 aromatic heterocycles. The highest BCUT2D eigenvalue weighted by Gasteiger charge is 2.31. The van der Waals surface area contributed by atoms with Crippen molar-refractivity contribution in [3.05, 3.63) is 34.9 Å². The highest BCUT2D eigenvalue weighted by atomic mass is 35.5. The Hall–Kier alpha value is -1.27. The van der Waals surface area contributed by atoms with Crippen LogP contribution in [0.3, 0.4) is 0 Å². The van der Waals surface area contributed by atoms with Crippen LogP contribution in [0.4, 0.5) is 13.2 Å². The molecule has 0 saturated heterocycles. The Bertz CT molecular complexity index is 506. The van der Waals surface area contributed by atoms with Gasteiger partial charge in [-0.3, -0.25) is 4.79 Å². The molecule has 0 aliphatic carbocycles. The number of benzene rings is 1. The molecule has 1 aromatic rings. The molecule has 22 heavy (non-hydrogen) atoms. The number of carbonyl (C=O) groups is 1. The molecule has 0 saturated carbocycles. The van der Waals surface area contributed by atoms with Gasteiger partial charge in [0.2, 0.25) is 0 Å². The van der Waals surface area contributed by atoms with Crippen LogP contribution < -0.4 is 0 Å². The predicted octanol–water partition coefficient (Wildman–Crippen LogP) is 4.04. The lowest BCUT2D eigenvalue weighted by Crippen LogP contribution is -2.43. The lowest BCUT2D eigenvalue weighted by Gasteiger charge is -2.29.